The van der Waals surface area contributed by atoms with E-state index in [0.717, 1.165) is 164 Å². The highest BCUT2D eigenvalue weighted by Crippen LogP contribution is 2.41. The maximum Gasteiger partial charge on any atom is 0.185 e. The van der Waals surface area contributed by atoms with E-state index in [2.05, 4.69) is 206 Å². The molecule has 0 amide bonds. The summed E-state index contributed by atoms with van der Waals surface area (Å²) in [5.74, 6) is 4.15. The first-order chi connectivity index (χ1) is 49.2. The van der Waals surface area contributed by atoms with Crippen LogP contribution in [0.2, 0.25) is 0 Å². The molecule has 21 heteroatoms. The molecule has 12 heterocycles. The second kappa shape index (κ2) is 27.4. The maximum absolute atomic E-state index is 13.4. The van der Waals surface area contributed by atoms with Crippen LogP contribution < -0.4 is 20.0 Å². The van der Waals surface area contributed by atoms with Gasteiger partial charge >= 0.3 is 0 Å². The molecule has 3 fully saturated rings. The SMILES string of the molecule is CN(C)CC1CN(c2ccc3c(c2)Cn2cc(-c4ccc(C#N)cc4)cc2-c2nccn2-3)CCO1.CN(C)C[C@H]1CCN(c2ccc3c(c2)Cn2cc(-c4ccc(F)cc4)cc2-c2nncn2-3)C1.CNC[C@@H]1CN(c2ccc3c(c2)Cn2cc(-c4ccc(F)cc4)cc2-c2ncnn2-3)C[C@@H]1C. The van der Waals surface area contributed by atoms with Gasteiger partial charge in [-0.05, 0) is 209 Å². The number of imidazole rings is 1. The fourth-order valence-electron chi connectivity index (χ4n) is 15.7. The number of likely N-dealkylation sites (N-methyl/N-ethyl adjacent to an activating group) is 1. The van der Waals surface area contributed by atoms with E-state index in [1.807, 2.05) is 72.7 Å². The Labute approximate surface area is 587 Å². The number of benzene rings is 6. The zero-order valence-corrected chi connectivity index (χ0v) is 57.9. The van der Waals surface area contributed by atoms with Crippen LogP contribution in [0.15, 0.2) is 189 Å². The molecule has 1 unspecified atom stereocenters. The Morgan fingerprint density at radius 2 is 1.11 bits per heavy atom. The molecule has 1 N–H and O–H groups in total. The first-order valence-corrected chi connectivity index (χ1v) is 34.9. The maximum atomic E-state index is 13.4. The number of nitriles is 1. The van der Waals surface area contributed by atoms with Crippen LogP contribution in [-0.2, 0) is 24.4 Å². The van der Waals surface area contributed by atoms with Gasteiger partial charge in [0.25, 0.3) is 0 Å². The largest absolute Gasteiger partial charge is 0.373 e. The number of aromatic nitrogens is 11. The highest BCUT2D eigenvalue weighted by molar-refractivity contribution is 5.76. The third-order valence-corrected chi connectivity index (χ3v) is 20.7. The highest BCUT2D eigenvalue weighted by Gasteiger charge is 2.32. The van der Waals surface area contributed by atoms with Gasteiger partial charge in [-0.15, -0.1) is 10.2 Å². The second-order valence-corrected chi connectivity index (χ2v) is 28.3. The van der Waals surface area contributed by atoms with E-state index >= 15 is 0 Å². The fraction of sp³-hybridized carbons (Fsp3) is 0.300. The lowest BCUT2D eigenvalue weighted by atomic mass is 9.98. The van der Waals surface area contributed by atoms with E-state index in [1.54, 1.807) is 12.7 Å². The Hall–Kier alpha value is -10.8. The van der Waals surface area contributed by atoms with E-state index in [1.165, 1.54) is 70.1 Å². The topological polar surface area (TPSA) is 155 Å². The molecule has 6 aromatic heterocycles. The van der Waals surface area contributed by atoms with Crippen molar-refractivity contribution in [2.45, 2.75) is 39.1 Å². The molecule has 6 aliphatic heterocycles. The van der Waals surface area contributed by atoms with Gasteiger partial charge in [-0.1, -0.05) is 43.3 Å². The number of halogens is 2. The molecule has 0 radical (unpaired) electrons. The number of hydrogen-bond donors (Lipinski definition) is 1. The summed E-state index contributed by atoms with van der Waals surface area (Å²) in [5.41, 5.74) is 20.9. The quantitative estimate of drug-likeness (QED) is 0.123. The molecule has 0 aliphatic carbocycles. The van der Waals surface area contributed by atoms with Crippen molar-refractivity contribution < 1.29 is 13.5 Å². The average molecular weight is 1350 g/mol. The third-order valence-electron chi connectivity index (χ3n) is 20.7. The molecule has 0 spiro atoms. The standard InChI is InChI=1S/C28H28N6O.2C26H27FN6/c1-31(2)18-25-19-32(11-12-35-25)24-7-8-26-23(13-24)17-33-16-22(21-5-3-20(15-29)4-6-21)14-27(33)28-30-9-10-34(26)28;1-17-12-31(15-21(17)11-28-2)23-7-8-24-20(9-23)14-32-13-19(18-3-5-22(27)6-4-18)10-25(32)26-29-16-30-33(24)26;1-30(2)13-18-9-10-31(14-18)23-7-8-24-21(11-23)16-32-15-20(19-3-5-22(27)6-4-19)12-25(32)26-29-28-17-33(24)26/h3-10,13-14,16,25H,11-12,17-19H2,1-2H3;3-10,13,16-17,21,28H,11-12,14-15H2,1-2H3;3-8,11-12,15,17-18H,9-10,13-14,16H2,1-2H3/t;17-,21+;18-/m.01/s1. The lowest BCUT2D eigenvalue weighted by Gasteiger charge is -2.36. The van der Waals surface area contributed by atoms with Gasteiger partial charge in [-0.2, -0.15) is 10.4 Å². The van der Waals surface area contributed by atoms with Gasteiger partial charge in [0.05, 0.1) is 58.5 Å². The second-order valence-electron chi connectivity index (χ2n) is 28.3. The summed E-state index contributed by atoms with van der Waals surface area (Å²) < 4.78 is 45.8. The predicted octanol–water partition coefficient (Wildman–Crippen LogP) is 12.5. The Morgan fingerprint density at radius 1 is 0.564 bits per heavy atom. The van der Waals surface area contributed by atoms with Crippen LogP contribution in [-0.4, -0.2) is 169 Å². The highest BCUT2D eigenvalue weighted by atomic mass is 19.1. The normalized spacial score (nSPS) is 17.7. The minimum Gasteiger partial charge on any atom is -0.373 e. The van der Waals surface area contributed by atoms with Crippen molar-refractivity contribution in [1.29, 1.82) is 5.26 Å². The molecule has 6 aliphatic rings. The molecule has 0 saturated carbocycles. The summed E-state index contributed by atoms with van der Waals surface area (Å²) in [4.78, 5) is 21.2. The smallest absolute Gasteiger partial charge is 0.185 e. The van der Waals surface area contributed by atoms with Crippen LogP contribution in [0.5, 0.6) is 0 Å². The Bertz CT molecular complexity index is 5010. The zero-order valence-electron chi connectivity index (χ0n) is 57.9. The van der Waals surface area contributed by atoms with Crippen molar-refractivity contribution in [3.05, 3.63) is 223 Å². The number of fused-ring (bicyclic) bond motifs is 15. The molecule has 512 valence electrons. The van der Waals surface area contributed by atoms with Crippen LogP contribution in [0.4, 0.5) is 25.8 Å². The van der Waals surface area contributed by atoms with Crippen molar-refractivity contribution >= 4 is 17.1 Å². The number of anilines is 3. The molecular formula is C80H82F2N18O. The minimum absolute atomic E-state index is 0.212. The summed E-state index contributed by atoms with van der Waals surface area (Å²) in [6, 6.07) is 49.9. The molecule has 18 rings (SSSR count). The first-order valence-electron chi connectivity index (χ1n) is 34.9. The summed E-state index contributed by atoms with van der Waals surface area (Å²) in [7, 11) is 10.5. The van der Waals surface area contributed by atoms with Crippen LogP contribution in [0, 0.1) is 40.7 Å². The van der Waals surface area contributed by atoms with Crippen molar-refractivity contribution in [2.75, 3.05) is 115 Å². The Morgan fingerprint density at radius 3 is 1.70 bits per heavy atom. The third kappa shape index (κ3) is 13.0. The van der Waals surface area contributed by atoms with Crippen LogP contribution >= 0.6 is 0 Å². The number of nitrogens with zero attached hydrogens (tertiary/aromatic N) is 17. The number of nitrogens with one attached hydrogen (secondary N) is 1. The van der Waals surface area contributed by atoms with Crippen LogP contribution in [0.3, 0.4) is 0 Å². The van der Waals surface area contributed by atoms with E-state index in [4.69, 9.17) is 15.0 Å². The number of morpholine rings is 1. The zero-order chi connectivity index (χ0) is 69.0. The lowest BCUT2D eigenvalue weighted by Crippen LogP contribution is -2.46. The number of ether oxygens (including phenoxy) is 1. The van der Waals surface area contributed by atoms with Crippen molar-refractivity contribution in [2.24, 2.45) is 17.8 Å². The number of hydrogen-bond acceptors (Lipinski definition) is 13. The van der Waals surface area contributed by atoms with E-state index in [0.29, 0.717) is 23.3 Å². The van der Waals surface area contributed by atoms with Crippen LogP contribution in [0.25, 0.3) is 85.0 Å². The van der Waals surface area contributed by atoms with Crippen LogP contribution in [0.1, 0.15) is 35.6 Å². The van der Waals surface area contributed by atoms with Gasteiger partial charge in [0.2, 0.25) is 0 Å². The van der Waals surface area contributed by atoms with Gasteiger partial charge in [0.15, 0.2) is 17.5 Å². The summed E-state index contributed by atoms with van der Waals surface area (Å²) >= 11 is 0. The van der Waals surface area contributed by atoms with E-state index < -0.39 is 0 Å². The molecule has 19 nitrogen and oxygen atoms in total. The molecule has 3 saturated heterocycles. The van der Waals surface area contributed by atoms with Crippen molar-refractivity contribution in [3.8, 4) is 91.1 Å². The van der Waals surface area contributed by atoms with E-state index in [9.17, 15) is 8.78 Å². The molecular weight excluding hydrogens is 1270 g/mol. The summed E-state index contributed by atoms with van der Waals surface area (Å²) in [6.45, 7) is 14.6. The molecule has 4 atom stereocenters. The van der Waals surface area contributed by atoms with Gasteiger partial charge in [-0.25, -0.2) is 23.4 Å². The molecule has 12 aromatic rings. The van der Waals surface area contributed by atoms with Gasteiger partial charge < -0.3 is 48.3 Å². The monoisotopic (exact) mass is 1350 g/mol. The molecule has 6 aromatic carbocycles. The molecule has 0 bridgehead atoms. The van der Waals surface area contributed by atoms with Gasteiger partial charge in [0.1, 0.15) is 24.3 Å². The van der Waals surface area contributed by atoms with Gasteiger partial charge in [-0.3, -0.25) is 9.13 Å². The van der Waals surface area contributed by atoms with E-state index in [-0.39, 0.29) is 17.7 Å². The van der Waals surface area contributed by atoms with Crippen molar-refractivity contribution in [1.82, 2.24) is 67.9 Å². The van der Waals surface area contributed by atoms with Gasteiger partial charge in [0, 0.05) is 137 Å². The summed E-state index contributed by atoms with van der Waals surface area (Å²) in [5, 5.41) is 25.7. The first kappa shape index (κ1) is 64.9. The summed E-state index contributed by atoms with van der Waals surface area (Å²) in [6.07, 6.45) is 15.2. The average Bonchev–Trinajstić information content (AvgIpc) is 1.62. The Balaban J connectivity index is 0.000000118. The number of rotatable bonds is 12. The minimum atomic E-state index is -0.228. The Kier molecular flexibility index (Phi) is 17.6. The fourth-order valence-corrected chi connectivity index (χ4v) is 15.7. The lowest BCUT2D eigenvalue weighted by molar-refractivity contribution is 0.0248. The predicted molar refractivity (Wildman–Crippen MR) is 393 cm³/mol. The molecule has 101 heavy (non-hydrogen) atoms. The van der Waals surface area contributed by atoms with Crippen molar-refractivity contribution in [3.63, 3.8) is 0 Å².